The first-order valence-electron chi connectivity index (χ1n) is 12.6. The van der Waals surface area contributed by atoms with Crippen molar-refractivity contribution >= 4 is 32.5 Å². The Morgan fingerprint density at radius 1 is 1.27 bits per heavy atom. The summed E-state index contributed by atoms with van der Waals surface area (Å²) in [5, 5.41) is 8.56. The molecule has 3 aromatic rings. The number of imidazole rings is 1. The molecule has 0 radical (unpaired) electrons. The number of hydrogen-bond donors (Lipinski definition) is 3. The number of piperidine rings is 1. The molecule has 14 heteroatoms. The molecule has 3 N–H and O–H groups in total. The molecule has 41 heavy (non-hydrogen) atoms. The quantitative estimate of drug-likeness (QED) is 0.284. The number of hydrogen-bond acceptors (Lipinski definition) is 7. The molecule has 2 aromatic carbocycles. The Labute approximate surface area is 234 Å². The fourth-order valence-corrected chi connectivity index (χ4v) is 5.16. The Hall–Kier alpha value is -3.83. The average molecular weight is 596 g/mol. The van der Waals surface area contributed by atoms with Gasteiger partial charge in [0.2, 0.25) is 0 Å². The number of aromatic nitrogens is 2. The van der Waals surface area contributed by atoms with Crippen molar-refractivity contribution in [3.05, 3.63) is 47.3 Å². The number of carbonyl (C=O) groups is 1. The van der Waals surface area contributed by atoms with Crippen LogP contribution in [0.1, 0.15) is 28.2 Å². The van der Waals surface area contributed by atoms with E-state index in [1.807, 2.05) is 0 Å². The van der Waals surface area contributed by atoms with Gasteiger partial charge >= 0.3 is 6.18 Å². The van der Waals surface area contributed by atoms with Gasteiger partial charge in [-0.2, -0.15) is 13.2 Å². The summed E-state index contributed by atoms with van der Waals surface area (Å²) < 4.78 is 84.2. The number of halogens is 4. The van der Waals surface area contributed by atoms with E-state index in [0.717, 1.165) is 10.8 Å². The van der Waals surface area contributed by atoms with Crippen molar-refractivity contribution in [3.63, 3.8) is 0 Å². The van der Waals surface area contributed by atoms with Crippen LogP contribution in [0.5, 0.6) is 5.75 Å². The molecule has 0 spiro atoms. The molecule has 1 aromatic heterocycles. The molecule has 1 fully saturated rings. The number of nitrogens with one attached hydrogen (secondary N) is 3. The second-order valence-electron chi connectivity index (χ2n) is 9.63. The van der Waals surface area contributed by atoms with Crippen LogP contribution < -0.4 is 20.7 Å². The first kappa shape index (κ1) is 30.1. The van der Waals surface area contributed by atoms with Crippen molar-refractivity contribution in [1.82, 2.24) is 20.2 Å². The maximum Gasteiger partial charge on any atom is 0.406 e. The van der Waals surface area contributed by atoms with E-state index in [0.29, 0.717) is 18.7 Å². The molecule has 1 amide bonds. The van der Waals surface area contributed by atoms with Gasteiger partial charge in [0, 0.05) is 24.4 Å². The lowest BCUT2D eigenvalue weighted by Crippen LogP contribution is -2.50. The molecule has 220 valence electrons. The van der Waals surface area contributed by atoms with Crippen LogP contribution in [0.25, 0.3) is 11.0 Å². The summed E-state index contributed by atoms with van der Waals surface area (Å²) in [5.41, 5.74) is 0.867. The third-order valence-electron chi connectivity index (χ3n) is 6.55. The van der Waals surface area contributed by atoms with Gasteiger partial charge in [-0.25, -0.2) is 17.8 Å². The van der Waals surface area contributed by atoms with Crippen LogP contribution in [0.2, 0.25) is 0 Å². The van der Waals surface area contributed by atoms with Crippen molar-refractivity contribution < 1.29 is 35.5 Å². The number of alkyl halides is 4. The maximum absolute atomic E-state index is 14.4. The highest BCUT2D eigenvalue weighted by molar-refractivity contribution is 7.90. The van der Waals surface area contributed by atoms with E-state index >= 15 is 0 Å². The Kier molecular flexibility index (Phi) is 8.79. The van der Waals surface area contributed by atoms with Crippen molar-refractivity contribution in [2.45, 2.75) is 43.2 Å². The zero-order valence-electron chi connectivity index (χ0n) is 22.5. The highest BCUT2D eigenvalue weighted by Crippen LogP contribution is 2.28. The zero-order valence-corrected chi connectivity index (χ0v) is 23.3. The number of fused-ring (bicyclic) bond motifs is 1. The van der Waals surface area contributed by atoms with Crippen LogP contribution >= 0.6 is 0 Å². The number of aryl methyl sites for hydroxylation is 1. The van der Waals surface area contributed by atoms with Crippen molar-refractivity contribution in [2.24, 2.45) is 0 Å². The number of methoxy groups -OCH3 is 1. The van der Waals surface area contributed by atoms with Crippen LogP contribution in [0.4, 0.5) is 23.2 Å². The first-order valence-corrected chi connectivity index (χ1v) is 14.5. The van der Waals surface area contributed by atoms with E-state index in [1.54, 1.807) is 0 Å². The lowest BCUT2D eigenvalue weighted by atomic mass is 10.0. The summed E-state index contributed by atoms with van der Waals surface area (Å²) in [4.78, 5) is 17.5. The van der Waals surface area contributed by atoms with Crippen molar-refractivity contribution in [1.29, 1.82) is 0 Å². The third-order valence-corrected chi connectivity index (χ3v) is 7.66. The molecule has 0 saturated carbocycles. The van der Waals surface area contributed by atoms with E-state index in [9.17, 15) is 30.8 Å². The maximum atomic E-state index is 14.4. The van der Waals surface area contributed by atoms with Gasteiger partial charge in [0.05, 0.1) is 41.4 Å². The number of sulfone groups is 1. The highest BCUT2D eigenvalue weighted by atomic mass is 32.2. The van der Waals surface area contributed by atoms with E-state index in [4.69, 9.17) is 4.74 Å². The number of benzene rings is 2. The van der Waals surface area contributed by atoms with E-state index in [-0.39, 0.29) is 51.7 Å². The third kappa shape index (κ3) is 7.28. The minimum Gasteiger partial charge on any atom is -0.495 e. The summed E-state index contributed by atoms with van der Waals surface area (Å²) in [6.07, 6.45) is -4.41. The Morgan fingerprint density at radius 2 is 2.02 bits per heavy atom. The number of nitrogens with zero attached hydrogens (tertiary/aromatic N) is 2. The van der Waals surface area contributed by atoms with Gasteiger partial charge in [0.1, 0.15) is 29.8 Å². The normalized spacial score (nSPS) is 17.5. The van der Waals surface area contributed by atoms with Crippen LogP contribution in [0.3, 0.4) is 0 Å². The summed E-state index contributed by atoms with van der Waals surface area (Å²) in [6, 6.07) is 6.42. The Bertz CT molecular complexity index is 1630. The Morgan fingerprint density at radius 3 is 2.68 bits per heavy atom. The predicted octanol–water partition coefficient (Wildman–Crippen LogP) is 3.21. The van der Waals surface area contributed by atoms with Gasteiger partial charge in [-0.3, -0.25) is 4.79 Å². The molecule has 0 bridgehead atoms. The second kappa shape index (κ2) is 12.0. The van der Waals surface area contributed by atoms with Gasteiger partial charge in [0.15, 0.2) is 9.84 Å². The zero-order chi connectivity index (χ0) is 29.9. The summed E-state index contributed by atoms with van der Waals surface area (Å²) >= 11 is 0. The minimum absolute atomic E-state index is 0.00690. The van der Waals surface area contributed by atoms with Crippen molar-refractivity contribution in [3.8, 4) is 17.6 Å². The average Bonchev–Trinajstić information content (AvgIpc) is 3.20. The number of rotatable bonds is 7. The molecular formula is C27H29F4N5O4S. The molecule has 2 atom stereocenters. The SMILES string of the molecule is COc1cc(S(C)(=O)=O)ccc1NCC#Cc1cc(C(=O)N[C@H]2CCNC[C@@H]2F)c2nc(C)n(CC(F)(F)F)c2c1. The molecule has 0 aliphatic carbocycles. The highest BCUT2D eigenvalue weighted by Gasteiger charge is 2.31. The van der Waals surface area contributed by atoms with E-state index in [1.165, 1.54) is 44.4 Å². The number of amides is 1. The molecule has 2 heterocycles. The van der Waals surface area contributed by atoms with Crippen molar-refractivity contribution in [2.75, 3.05) is 38.3 Å². The smallest absolute Gasteiger partial charge is 0.406 e. The summed E-state index contributed by atoms with van der Waals surface area (Å²) in [7, 11) is -2.05. The van der Waals surface area contributed by atoms with E-state index in [2.05, 4.69) is 32.8 Å². The number of carbonyl (C=O) groups excluding carboxylic acids is 1. The van der Waals surface area contributed by atoms with Crippen LogP contribution in [0, 0.1) is 18.8 Å². The van der Waals surface area contributed by atoms with Gasteiger partial charge in [0.25, 0.3) is 5.91 Å². The fourth-order valence-electron chi connectivity index (χ4n) is 4.53. The van der Waals surface area contributed by atoms with Crippen LogP contribution in [-0.2, 0) is 16.4 Å². The Balaban J connectivity index is 1.65. The molecular weight excluding hydrogens is 566 g/mol. The number of anilines is 1. The predicted molar refractivity (Wildman–Crippen MR) is 146 cm³/mol. The standard InChI is InChI=1S/C27H29F4N5O4S/c1-16-34-25-19(26(37)35-21-8-10-32-14-20(21)28)11-17(12-23(25)36(16)15-27(29,30)31)5-4-9-33-22-7-6-18(41(3,38)39)13-24(22)40-2/h6-7,11-13,20-21,32-33H,8-10,14-15H2,1-3H3,(H,35,37)/t20-,21-/m0/s1. The molecule has 1 saturated heterocycles. The number of ether oxygens (including phenoxy) is 1. The fraction of sp³-hybridized carbons (Fsp3) is 0.407. The van der Waals surface area contributed by atoms with Gasteiger partial charge in [-0.15, -0.1) is 0 Å². The first-order chi connectivity index (χ1) is 19.3. The topological polar surface area (TPSA) is 114 Å². The lowest BCUT2D eigenvalue weighted by molar-refractivity contribution is -0.140. The van der Waals surface area contributed by atoms with E-state index < -0.39 is 40.7 Å². The molecule has 1 aliphatic heterocycles. The second-order valence-corrected chi connectivity index (χ2v) is 11.6. The summed E-state index contributed by atoms with van der Waals surface area (Å²) in [6.45, 7) is 0.766. The van der Waals surface area contributed by atoms with Crippen LogP contribution in [-0.4, -0.2) is 75.3 Å². The van der Waals surface area contributed by atoms with Gasteiger partial charge in [-0.05, 0) is 44.2 Å². The molecule has 4 rings (SSSR count). The largest absolute Gasteiger partial charge is 0.495 e. The molecule has 1 aliphatic rings. The minimum atomic E-state index is -4.53. The van der Waals surface area contributed by atoms with Crippen LogP contribution in [0.15, 0.2) is 35.2 Å². The van der Waals surface area contributed by atoms with Gasteiger partial charge in [-0.1, -0.05) is 11.8 Å². The summed E-state index contributed by atoms with van der Waals surface area (Å²) in [5.74, 6) is 5.40. The molecule has 9 nitrogen and oxygen atoms in total. The molecule has 0 unspecified atom stereocenters. The monoisotopic (exact) mass is 595 g/mol. The lowest BCUT2D eigenvalue weighted by Gasteiger charge is -2.27. The van der Waals surface area contributed by atoms with Gasteiger partial charge < -0.3 is 25.3 Å².